The molecule has 5 nitrogen and oxygen atoms in total. The second-order valence-electron chi connectivity index (χ2n) is 3.36. The summed E-state index contributed by atoms with van der Waals surface area (Å²) in [6.45, 7) is 0. The topological polar surface area (TPSA) is 85.4 Å². The highest BCUT2D eigenvalue weighted by Crippen LogP contribution is 2.33. The maximum Gasteiger partial charge on any atom is 0.143 e. The Balaban J connectivity index is 2.32. The van der Waals surface area contributed by atoms with E-state index in [2.05, 4.69) is 10.2 Å². The van der Waals surface area contributed by atoms with Crippen molar-refractivity contribution in [2.24, 2.45) is 10.2 Å². The second kappa shape index (κ2) is 4.52. The monoisotopic (exact) mass is 230 g/mol. The number of phenolic OH excluding ortho intramolecular Hbond substituents is 3. The van der Waals surface area contributed by atoms with Crippen LogP contribution in [0.5, 0.6) is 17.2 Å². The van der Waals surface area contributed by atoms with Gasteiger partial charge >= 0.3 is 0 Å². The van der Waals surface area contributed by atoms with Crippen LogP contribution in [0.4, 0.5) is 11.4 Å². The van der Waals surface area contributed by atoms with E-state index in [4.69, 9.17) is 0 Å². The van der Waals surface area contributed by atoms with Gasteiger partial charge in [0.15, 0.2) is 0 Å². The Labute approximate surface area is 97.3 Å². The van der Waals surface area contributed by atoms with Crippen LogP contribution in [0.2, 0.25) is 0 Å². The molecule has 0 aliphatic heterocycles. The molecule has 0 radical (unpaired) electrons. The summed E-state index contributed by atoms with van der Waals surface area (Å²) in [6, 6.07) is 10.4. The minimum Gasteiger partial charge on any atom is -0.508 e. The van der Waals surface area contributed by atoms with Gasteiger partial charge in [0.05, 0.1) is 0 Å². The number of benzene rings is 2. The second-order valence-corrected chi connectivity index (χ2v) is 3.36. The molecule has 0 atom stereocenters. The molecule has 2 rings (SSSR count). The lowest BCUT2D eigenvalue weighted by Crippen LogP contribution is -1.69. The van der Waals surface area contributed by atoms with Crippen molar-refractivity contribution >= 4 is 11.4 Å². The molecule has 0 heterocycles. The molecule has 3 N–H and O–H groups in total. The first kappa shape index (κ1) is 10.9. The van der Waals surface area contributed by atoms with Crippen LogP contribution in [0.3, 0.4) is 0 Å². The Morgan fingerprint density at radius 2 is 1.35 bits per heavy atom. The van der Waals surface area contributed by atoms with E-state index < -0.39 is 0 Å². The number of phenols is 3. The number of rotatable bonds is 2. The van der Waals surface area contributed by atoms with Crippen LogP contribution in [0.1, 0.15) is 0 Å². The highest BCUT2D eigenvalue weighted by Gasteiger charge is 2.02. The number of nitrogens with zero attached hydrogens (tertiary/aromatic N) is 2. The molecule has 86 valence electrons. The summed E-state index contributed by atoms with van der Waals surface area (Å²) in [5.41, 5.74) is 0.420. The molecule has 0 aromatic heterocycles. The fourth-order valence-corrected chi connectivity index (χ4v) is 1.25. The van der Waals surface area contributed by atoms with E-state index in [1.54, 1.807) is 18.2 Å². The van der Waals surface area contributed by atoms with Crippen molar-refractivity contribution in [2.45, 2.75) is 0 Å². The predicted octanol–water partition coefficient (Wildman–Crippen LogP) is 3.22. The van der Waals surface area contributed by atoms with Crippen LogP contribution < -0.4 is 0 Å². The number of hydrogen-bond acceptors (Lipinski definition) is 5. The Hall–Kier alpha value is -2.56. The fraction of sp³-hybridized carbons (Fsp3) is 0. The van der Waals surface area contributed by atoms with Crippen molar-refractivity contribution in [1.82, 2.24) is 0 Å². The van der Waals surface area contributed by atoms with Crippen molar-refractivity contribution < 1.29 is 15.3 Å². The van der Waals surface area contributed by atoms with Crippen LogP contribution in [0, 0.1) is 0 Å². The van der Waals surface area contributed by atoms with Crippen molar-refractivity contribution in [3.05, 3.63) is 42.5 Å². The van der Waals surface area contributed by atoms with E-state index in [1.165, 1.54) is 24.3 Å². The van der Waals surface area contributed by atoms with Gasteiger partial charge in [0.25, 0.3) is 0 Å². The van der Waals surface area contributed by atoms with Gasteiger partial charge in [0, 0.05) is 6.07 Å². The highest BCUT2D eigenvalue weighted by molar-refractivity contribution is 5.55. The maximum absolute atomic E-state index is 9.45. The van der Waals surface area contributed by atoms with Gasteiger partial charge in [-0.25, -0.2) is 0 Å². The number of azo groups is 1. The zero-order valence-electron chi connectivity index (χ0n) is 8.78. The summed E-state index contributed by atoms with van der Waals surface area (Å²) in [7, 11) is 0. The Kier molecular flexibility index (Phi) is 2.91. The normalized spacial score (nSPS) is 10.8. The van der Waals surface area contributed by atoms with Crippen LogP contribution in [-0.4, -0.2) is 15.3 Å². The van der Waals surface area contributed by atoms with Gasteiger partial charge in [-0.2, -0.15) is 0 Å². The summed E-state index contributed by atoms with van der Waals surface area (Å²) < 4.78 is 0. The van der Waals surface area contributed by atoms with Crippen molar-refractivity contribution in [2.75, 3.05) is 0 Å². The third-order valence-electron chi connectivity index (χ3n) is 2.11. The van der Waals surface area contributed by atoms with Crippen LogP contribution in [0.15, 0.2) is 52.7 Å². The minimum atomic E-state index is -0.0954. The van der Waals surface area contributed by atoms with Crippen molar-refractivity contribution in [1.29, 1.82) is 0 Å². The molecule has 0 saturated heterocycles. The third kappa shape index (κ3) is 2.52. The van der Waals surface area contributed by atoms with E-state index in [-0.39, 0.29) is 28.6 Å². The van der Waals surface area contributed by atoms with Gasteiger partial charge < -0.3 is 15.3 Å². The van der Waals surface area contributed by atoms with Gasteiger partial charge in [-0.05, 0) is 24.3 Å². The van der Waals surface area contributed by atoms with E-state index in [0.29, 0.717) is 0 Å². The van der Waals surface area contributed by atoms with Crippen LogP contribution in [0.25, 0.3) is 0 Å². The van der Waals surface area contributed by atoms with Gasteiger partial charge in [-0.3, -0.25) is 0 Å². The molecule has 0 bridgehead atoms. The molecule has 2 aromatic rings. The van der Waals surface area contributed by atoms with E-state index in [1.807, 2.05) is 0 Å². The number of para-hydroxylation sites is 1. The van der Waals surface area contributed by atoms with E-state index >= 15 is 0 Å². The van der Waals surface area contributed by atoms with Gasteiger partial charge in [0.1, 0.15) is 28.6 Å². The average Bonchev–Trinajstić information content (AvgIpc) is 2.32. The summed E-state index contributed by atoms with van der Waals surface area (Å²) in [6.07, 6.45) is 0. The summed E-state index contributed by atoms with van der Waals surface area (Å²) in [5.74, 6) is -0.119. The lowest BCUT2D eigenvalue weighted by molar-refractivity contribution is 0.461. The first-order chi connectivity index (χ1) is 8.16. The minimum absolute atomic E-state index is 0.00380. The van der Waals surface area contributed by atoms with Crippen molar-refractivity contribution in [3.8, 4) is 17.2 Å². The van der Waals surface area contributed by atoms with E-state index in [9.17, 15) is 15.3 Å². The summed E-state index contributed by atoms with van der Waals surface area (Å²) in [4.78, 5) is 0. The molecule has 0 spiro atoms. The third-order valence-corrected chi connectivity index (χ3v) is 2.11. The molecular weight excluding hydrogens is 220 g/mol. The predicted molar refractivity (Wildman–Crippen MR) is 62.1 cm³/mol. The zero-order chi connectivity index (χ0) is 12.3. The summed E-state index contributed by atoms with van der Waals surface area (Å²) >= 11 is 0. The fourth-order valence-electron chi connectivity index (χ4n) is 1.25. The van der Waals surface area contributed by atoms with Gasteiger partial charge in [-0.15, -0.1) is 10.2 Å². The molecule has 0 aliphatic rings. The molecule has 17 heavy (non-hydrogen) atoms. The molecule has 0 unspecified atom stereocenters. The number of aromatic hydroxyl groups is 3. The first-order valence-electron chi connectivity index (χ1n) is 4.88. The average molecular weight is 230 g/mol. The Morgan fingerprint density at radius 1 is 0.706 bits per heavy atom. The molecule has 0 fully saturated rings. The lowest BCUT2D eigenvalue weighted by atomic mass is 10.3. The molecule has 0 saturated carbocycles. The molecule has 2 aromatic carbocycles. The highest BCUT2D eigenvalue weighted by atomic mass is 16.3. The zero-order valence-corrected chi connectivity index (χ0v) is 8.78. The largest absolute Gasteiger partial charge is 0.508 e. The standard InChI is InChI=1S/C12H10N2O3/c15-8-5-6-12(17)10(7-8)14-13-9-3-1-2-4-11(9)16/h1-7,15-17H. The molecule has 0 aliphatic carbocycles. The summed E-state index contributed by atoms with van der Waals surface area (Å²) in [5, 5.41) is 35.7. The Bertz CT molecular complexity index is 567. The van der Waals surface area contributed by atoms with Crippen molar-refractivity contribution in [3.63, 3.8) is 0 Å². The van der Waals surface area contributed by atoms with Gasteiger partial charge in [-0.1, -0.05) is 12.1 Å². The van der Waals surface area contributed by atoms with Crippen LogP contribution >= 0.6 is 0 Å². The molecule has 0 amide bonds. The first-order valence-corrected chi connectivity index (χ1v) is 4.88. The maximum atomic E-state index is 9.45. The lowest BCUT2D eigenvalue weighted by Gasteiger charge is -1.99. The Morgan fingerprint density at radius 3 is 2.12 bits per heavy atom. The quantitative estimate of drug-likeness (QED) is 0.547. The molecular formula is C12H10N2O3. The SMILES string of the molecule is Oc1ccc(O)c(N=Nc2ccccc2O)c1. The number of hydrogen-bond donors (Lipinski definition) is 3. The molecule has 5 heteroatoms. The smallest absolute Gasteiger partial charge is 0.143 e. The van der Waals surface area contributed by atoms with E-state index in [0.717, 1.165) is 0 Å². The van der Waals surface area contributed by atoms with Gasteiger partial charge in [0.2, 0.25) is 0 Å². The van der Waals surface area contributed by atoms with Crippen LogP contribution in [-0.2, 0) is 0 Å².